The third-order valence-corrected chi connectivity index (χ3v) is 6.58. The molecule has 4 N–H and O–H groups in total. The molecule has 0 aromatic heterocycles. The number of nitrogens with one attached hydrogen (secondary N) is 1. The summed E-state index contributed by atoms with van der Waals surface area (Å²) in [5, 5.41) is 12.2. The monoisotopic (exact) mass is 436 g/mol. The van der Waals surface area contributed by atoms with E-state index in [2.05, 4.69) is 41.7 Å². The number of carbonyl (C=O) groups is 1. The van der Waals surface area contributed by atoms with Gasteiger partial charge < -0.3 is 16.2 Å². The van der Waals surface area contributed by atoms with Crippen LogP contribution in [0.3, 0.4) is 0 Å². The van der Waals surface area contributed by atoms with Crippen LogP contribution in [0.15, 0.2) is 91.0 Å². The lowest BCUT2D eigenvalue weighted by molar-refractivity contribution is -0.139. The zero-order chi connectivity index (χ0) is 21.4. The van der Waals surface area contributed by atoms with Crippen LogP contribution in [0.4, 0.5) is 0 Å². The maximum atomic E-state index is 11.6. The lowest BCUT2D eigenvalue weighted by atomic mass is 9.84. The Balaban J connectivity index is 2.03. The standard InChI is InChI=1S/C24H24N2O2S2/c25-23(29)26-21(22(27)28)16-17-30-24(18-10-4-1-5-11-18,19-12-6-2-7-13-19)20-14-8-3-9-15-20/h1-15,21H,16-17H2,(H,27,28)(H3,25,26,29)/t21-/m0/s1. The number of benzene rings is 3. The van der Waals surface area contributed by atoms with E-state index >= 15 is 0 Å². The Morgan fingerprint density at radius 2 is 1.30 bits per heavy atom. The minimum Gasteiger partial charge on any atom is -0.480 e. The van der Waals surface area contributed by atoms with Crippen LogP contribution < -0.4 is 11.1 Å². The van der Waals surface area contributed by atoms with Crippen LogP contribution >= 0.6 is 24.0 Å². The van der Waals surface area contributed by atoms with Gasteiger partial charge in [-0.05, 0) is 41.1 Å². The lowest BCUT2D eigenvalue weighted by Crippen LogP contribution is -2.44. The van der Waals surface area contributed by atoms with E-state index in [1.807, 2.05) is 54.6 Å². The number of thioether (sulfide) groups is 1. The van der Waals surface area contributed by atoms with Gasteiger partial charge in [0.1, 0.15) is 6.04 Å². The molecule has 30 heavy (non-hydrogen) atoms. The molecule has 6 heteroatoms. The second-order valence-corrected chi connectivity index (χ2v) is 8.56. The van der Waals surface area contributed by atoms with E-state index in [9.17, 15) is 9.90 Å². The molecule has 0 fully saturated rings. The average molecular weight is 437 g/mol. The number of hydrogen-bond donors (Lipinski definition) is 3. The molecule has 0 radical (unpaired) electrons. The topological polar surface area (TPSA) is 75.3 Å². The van der Waals surface area contributed by atoms with Crippen molar-refractivity contribution in [2.75, 3.05) is 5.75 Å². The van der Waals surface area contributed by atoms with Crippen LogP contribution in [0.5, 0.6) is 0 Å². The van der Waals surface area contributed by atoms with Gasteiger partial charge in [-0.15, -0.1) is 11.8 Å². The van der Waals surface area contributed by atoms with Crippen molar-refractivity contribution in [1.29, 1.82) is 0 Å². The molecule has 1 atom stereocenters. The molecule has 0 bridgehead atoms. The maximum Gasteiger partial charge on any atom is 0.326 e. The van der Waals surface area contributed by atoms with E-state index in [1.165, 1.54) is 0 Å². The zero-order valence-corrected chi connectivity index (χ0v) is 18.0. The molecule has 0 unspecified atom stereocenters. The molecule has 3 aromatic carbocycles. The molecule has 0 aliphatic heterocycles. The summed E-state index contributed by atoms with van der Waals surface area (Å²) in [6.45, 7) is 0. The summed E-state index contributed by atoms with van der Waals surface area (Å²) in [4.78, 5) is 11.6. The van der Waals surface area contributed by atoms with E-state index in [4.69, 9.17) is 18.0 Å². The van der Waals surface area contributed by atoms with Crippen molar-refractivity contribution in [3.8, 4) is 0 Å². The molecular formula is C24H24N2O2S2. The summed E-state index contributed by atoms with van der Waals surface area (Å²) in [7, 11) is 0. The van der Waals surface area contributed by atoms with Crippen molar-refractivity contribution in [2.24, 2.45) is 5.73 Å². The fraction of sp³-hybridized carbons (Fsp3) is 0.167. The van der Waals surface area contributed by atoms with E-state index < -0.39 is 16.8 Å². The van der Waals surface area contributed by atoms with Gasteiger partial charge >= 0.3 is 5.97 Å². The maximum absolute atomic E-state index is 11.6. The van der Waals surface area contributed by atoms with Crippen molar-refractivity contribution in [2.45, 2.75) is 17.2 Å². The SMILES string of the molecule is NC(=S)N[C@@H](CCSC(c1ccccc1)(c1ccccc1)c1ccccc1)C(=O)O. The first-order chi connectivity index (χ1) is 14.5. The minimum atomic E-state index is -0.965. The molecule has 3 rings (SSSR count). The number of aliphatic carboxylic acids is 1. The van der Waals surface area contributed by atoms with Gasteiger partial charge in [0.25, 0.3) is 0 Å². The van der Waals surface area contributed by atoms with Crippen LogP contribution in [0.25, 0.3) is 0 Å². The van der Waals surface area contributed by atoms with Gasteiger partial charge in [-0.3, -0.25) is 0 Å². The highest BCUT2D eigenvalue weighted by Gasteiger charge is 2.37. The summed E-state index contributed by atoms with van der Waals surface area (Å²) < 4.78 is -0.476. The molecule has 0 aliphatic rings. The summed E-state index contributed by atoms with van der Waals surface area (Å²) in [5.41, 5.74) is 8.93. The molecule has 0 heterocycles. The fourth-order valence-electron chi connectivity index (χ4n) is 3.53. The van der Waals surface area contributed by atoms with E-state index in [0.717, 1.165) is 16.7 Å². The molecular weight excluding hydrogens is 412 g/mol. The van der Waals surface area contributed by atoms with E-state index in [-0.39, 0.29) is 5.11 Å². The first-order valence-corrected chi connectivity index (χ1v) is 11.0. The van der Waals surface area contributed by atoms with Gasteiger partial charge in [0.05, 0.1) is 4.75 Å². The number of hydrogen-bond acceptors (Lipinski definition) is 3. The van der Waals surface area contributed by atoms with Crippen molar-refractivity contribution in [3.05, 3.63) is 108 Å². The van der Waals surface area contributed by atoms with Gasteiger partial charge in [-0.2, -0.15) is 0 Å². The molecule has 0 aliphatic carbocycles. The number of carboxylic acid groups (broad SMARTS) is 1. The van der Waals surface area contributed by atoms with Gasteiger partial charge in [-0.25, -0.2) is 4.79 Å². The van der Waals surface area contributed by atoms with Crippen LogP contribution in [0.2, 0.25) is 0 Å². The Morgan fingerprint density at radius 3 is 1.63 bits per heavy atom. The number of nitrogens with two attached hydrogens (primary N) is 1. The van der Waals surface area contributed by atoms with Crippen molar-refractivity contribution < 1.29 is 9.90 Å². The number of thiocarbonyl (C=S) groups is 1. The Labute approximate surface area is 186 Å². The summed E-state index contributed by atoms with van der Waals surface area (Å²) >= 11 is 6.55. The van der Waals surface area contributed by atoms with E-state index in [1.54, 1.807) is 11.8 Å². The smallest absolute Gasteiger partial charge is 0.326 e. The first-order valence-electron chi connectivity index (χ1n) is 9.63. The molecule has 4 nitrogen and oxygen atoms in total. The van der Waals surface area contributed by atoms with Gasteiger partial charge in [0.15, 0.2) is 5.11 Å². The quantitative estimate of drug-likeness (QED) is 0.341. The molecule has 0 spiro atoms. The van der Waals surface area contributed by atoms with Crippen molar-refractivity contribution >= 4 is 35.1 Å². The Hall–Kier alpha value is -2.83. The number of rotatable bonds is 9. The van der Waals surface area contributed by atoms with Crippen LogP contribution in [0, 0.1) is 0 Å². The van der Waals surface area contributed by atoms with Crippen molar-refractivity contribution in [3.63, 3.8) is 0 Å². The van der Waals surface area contributed by atoms with Gasteiger partial charge in [-0.1, -0.05) is 91.0 Å². The third kappa shape index (κ3) is 5.01. The highest BCUT2D eigenvalue weighted by molar-refractivity contribution is 8.00. The van der Waals surface area contributed by atoms with Gasteiger partial charge in [0, 0.05) is 0 Å². The van der Waals surface area contributed by atoms with Gasteiger partial charge in [0.2, 0.25) is 0 Å². The normalized spacial score (nSPS) is 12.1. The average Bonchev–Trinajstić information content (AvgIpc) is 2.77. The molecule has 0 saturated heterocycles. The van der Waals surface area contributed by atoms with E-state index in [0.29, 0.717) is 12.2 Å². The van der Waals surface area contributed by atoms with Crippen LogP contribution in [-0.2, 0) is 9.54 Å². The second kappa shape index (κ2) is 10.3. The predicted octanol–water partition coefficient (Wildman–Crippen LogP) is 4.39. The molecule has 0 amide bonds. The Kier molecular flexibility index (Phi) is 7.49. The second-order valence-electron chi connectivity index (χ2n) is 6.82. The van der Waals surface area contributed by atoms with Crippen LogP contribution in [0.1, 0.15) is 23.1 Å². The predicted molar refractivity (Wildman–Crippen MR) is 128 cm³/mol. The lowest BCUT2D eigenvalue weighted by Gasteiger charge is -2.35. The zero-order valence-electron chi connectivity index (χ0n) is 16.4. The summed E-state index contributed by atoms with van der Waals surface area (Å²) in [6.07, 6.45) is 0.381. The fourth-order valence-corrected chi connectivity index (χ4v) is 5.24. The largest absolute Gasteiger partial charge is 0.480 e. The Morgan fingerprint density at radius 1 is 0.900 bits per heavy atom. The summed E-state index contributed by atoms with van der Waals surface area (Å²) in [6, 6.07) is 30.1. The first kappa shape index (κ1) is 21.9. The van der Waals surface area contributed by atoms with Crippen LogP contribution in [-0.4, -0.2) is 28.0 Å². The Bertz CT molecular complexity index is 870. The molecule has 0 saturated carbocycles. The summed E-state index contributed by atoms with van der Waals surface area (Å²) in [5.74, 6) is -0.376. The molecule has 154 valence electrons. The highest BCUT2D eigenvalue weighted by Crippen LogP contribution is 2.48. The number of carboxylic acids is 1. The highest BCUT2D eigenvalue weighted by atomic mass is 32.2. The van der Waals surface area contributed by atoms with Crippen molar-refractivity contribution in [1.82, 2.24) is 5.32 Å². The molecule has 3 aromatic rings. The third-order valence-electron chi connectivity index (χ3n) is 4.88. The minimum absolute atomic E-state index is 0.00663.